The van der Waals surface area contributed by atoms with Crippen LogP contribution in [0.25, 0.3) is 0 Å². The number of nitrogens with zero attached hydrogens (tertiary/aromatic N) is 2. The van der Waals surface area contributed by atoms with Gasteiger partial charge in [0.15, 0.2) is 0 Å². The van der Waals surface area contributed by atoms with Crippen LogP contribution in [0.3, 0.4) is 0 Å². The van der Waals surface area contributed by atoms with E-state index in [2.05, 4.69) is 28.8 Å². The zero-order chi connectivity index (χ0) is 13.2. The number of rotatable bonds is 9. The van der Waals surface area contributed by atoms with Crippen molar-refractivity contribution < 1.29 is 4.74 Å². The second-order valence-electron chi connectivity index (χ2n) is 3.81. The van der Waals surface area contributed by atoms with Crippen LogP contribution < -0.4 is 10.1 Å². The maximum atomic E-state index is 5.51. The van der Waals surface area contributed by atoms with Crippen LogP contribution in [-0.4, -0.2) is 34.6 Å². The lowest BCUT2D eigenvalue weighted by atomic mass is 10.4. The maximum Gasteiger partial charge on any atom is 0.226 e. The molecule has 18 heavy (non-hydrogen) atoms. The molecular formula is C13H21N3OS. The van der Waals surface area contributed by atoms with Crippen molar-refractivity contribution in [2.45, 2.75) is 20.3 Å². The Kier molecular flexibility index (Phi) is 7.25. The lowest BCUT2D eigenvalue weighted by Gasteiger charge is -2.08. The Bertz CT molecular complexity index is 371. The molecule has 1 N–H and O–H groups in total. The van der Waals surface area contributed by atoms with E-state index in [1.165, 1.54) is 0 Å². The summed E-state index contributed by atoms with van der Waals surface area (Å²) in [6.45, 7) is 9.23. The Labute approximate surface area is 113 Å². The average Bonchev–Trinajstić information content (AvgIpc) is 2.35. The van der Waals surface area contributed by atoms with Gasteiger partial charge in [0.05, 0.1) is 6.61 Å². The van der Waals surface area contributed by atoms with Gasteiger partial charge in [-0.2, -0.15) is 16.7 Å². The topological polar surface area (TPSA) is 47.0 Å². The Morgan fingerprint density at radius 3 is 3.06 bits per heavy atom. The van der Waals surface area contributed by atoms with Crippen molar-refractivity contribution >= 4 is 17.7 Å². The first-order valence-electron chi connectivity index (χ1n) is 6.17. The minimum absolute atomic E-state index is 0.639. The lowest BCUT2D eigenvalue weighted by Crippen LogP contribution is -2.09. The number of thioether (sulfide) groups is 1. The van der Waals surface area contributed by atoms with Gasteiger partial charge in [-0.05, 0) is 13.3 Å². The average molecular weight is 267 g/mol. The highest BCUT2D eigenvalue weighted by molar-refractivity contribution is 7.99. The third kappa shape index (κ3) is 5.91. The Morgan fingerprint density at radius 1 is 1.50 bits per heavy atom. The quantitative estimate of drug-likeness (QED) is 0.550. The van der Waals surface area contributed by atoms with Crippen LogP contribution in [0.2, 0.25) is 0 Å². The molecule has 0 bridgehead atoms. The second-order valence-corrected chi connectivity index (χ2v) is 4.96. The van der Waals surface area contributed by atoms with E-state index in [4.69, 9.17) is 4.74 Å². The molecule has 0 amide bonds. The van der Waals surface area contributed by atoms with E-state index in [1.54, 1.807) is 0 Å². The predicted molar refractivity (Wildman–Crippen MR) is 78.6 cm³/mol. The molecular weight excluding hydrogens is 246 g/mol. The molecule has 100 valence electrons. The fourth-order valence-electron chi connectivity index (χ4n) is 1.30. The molecule has 0 fully saturated rings. The zero-order valence-electron chi connectivity index (χ0n) is 11.1. The number of nitrogens with one attached hydrogen (secondary N) is 1. The zero-order valence-corrected chi connectivity index (χ0v) is 11.9. The van der Waals surface area contributed by atoms with Gasteiger partial charge in [-0.25, -0.2) is 4.98 Å². The molecule has 0 aliphatic rings. The van der Waals surface area contributed by atoms with Gasteiger partial charge in [0.2, 0.25) is 11.8 Å². The van der Waals surface area contributed by atoms with Gasteiger partial charge in [-0.3, -0.25) is 0 Å². The first-order chi connectivity index (χ1) is 8.76. The molecule has 1 rings (SSSR count). The van der Waals surface area contributed by atoms with E-state index in [-0.39, 0.29) is 0 Å². The second kappa shape index (κ2) is 8.80. The monoisotopic (exact) mass is 267 g/mol. The fraction of sp³-hybridized carbons (Fsp3) is 0.538. The van der Waals surface area contributed by atoms with Gasteiger partial charge in [0, 0.05) is 29.8 Å². The van der Waals surface area contributed by atoms with Crippen LogP contribution in [0.1, 0.15) is 19.0 Å². The van der Waals surface area contributed by atoms with Gasteiger partial charge in [0.25, 0.3) is 0 Å². The molecule has 0 unspecified atom stereocenters. The Hall–Kier alpha value is -1.23. The number of hydrogen-bond acceptors (Lipinski definition) is 5. The minimum atomic E-state index is 0.639. The number of hydrogen-bond donors (Lipinski definition) is 1. The van der Waals surface area contributed by atoms with Crippen LogP contribution in [0.5, 0.6) is 5.88 Å². The van der Waals surface area contributed by atoms with Crippen molar-refractivity contribution in [3.8, 4) is 5.88 Å². The van der Waals surface area contributed by atoms with Crippen molar-refractivity contribution in [3.63, 3.8) is 0 Å². The lowest BCUT2D eigenvalue weighted by molar-refractivity contribution is 0.305. The molecule has 4 nitrogen and oxygen atoms in total. The van der Waals surface area contributed by atoms with E-state index < -0.39 is 0 Å². The molecule has 5 heteroatoms. The van der Waals surface area contributed by atoms with Gasteiger partial charge in [-0.15, -0.1) is 6.58 Å². The Balaban J connectivity index is 2.43. The van der Waals surface area contributed by atoms with E-state index in [1.807, 2.05) is 30.8 Å². The molecule has 0 radical (unpaired) electrons. The number of ether oxygens (including phenoxy) is 1. The fourth-order valence-corrected chi connectivity index (χ4v) is 1.88. The van der Waals surface area contributed by atoms with E-state index in [0.717, 1.165) is 30.2 Å². The molecule has 0 spiro atoms. The molecule has 0 aromatic carbocycles. The van der Waals surface area contributed by atoms with Crippen LogP contribution >= 0.6 is 11.8 Å². The summed E-state index contributed by atoms with van der Waals surface area (Å²) in [6.07, 6.45) is 2.88. The van der Waals surface area contributed by atoms with E-state index in [9.17, 15) is 0 Å². The Morgan fingerprint density at radius 2 is 2.33 bits per heavy atom. The summed E-state index contributed by atoms with van der Waals surface area (Å²) in [5.41, 5.74) is 0.914. The number of aromatic nitrogens is 2. The SMILES string of the molecule is C=CCSCCNc1nc(C)cc(OCCC)n1. The van der Waals surface area contributed by atoms with Crippen molar-refractivity contribution in [2.24, 2.45) is 0 Å². The van der Waals surface area contributed by atoms with E-state index in [0.29, 0.717) is 18.4 Å². The number of aryl methyl sites for hydroxylation is 1. The van der Waals surface area contributed by atoms with Gasteiger partial charge < -0.3 is 10.1 Å². The molecule has 0 atom stereocenters. The van der Waals surface area contributed by atoms with E-state index >= 15 is 0 Å². The highest BCUT2D eigenvalue weighted by Crippen LogP contribution is 2.12. The number of anilines is 1. The highest BCUT2D eigenvalue weighted by Gasteiger charge is 2.02. The smallest absolute Gasteiger partial charge is 0.226 e. The molecule has 0 aliphatic carbocycles. The third-order valence-corrected chi connectivity index (χ3v) is 3.01. The molecule has 1 heterocycles. The molecule has 0 saturated heterocycles. The van der Waals surface area contributed by atoms with Crippen LogP contribution in [0, 0.1) is 6.92 Å². The van der Waals surface area contributed by atoms with Crippen LogP contribution in [0.15, 0.2) is 18.7 Å². The maximum absolute atomic E-state index is 5.51. The van der Waals surface area contributed by atoms with Crippen molar-refractivity contribution in [3.05, 3.63) is 24.4 Å². The van der Waals surface area contributed by atoms with Gasteiger partial charge in [0.1, 0.15) is 0 Å². The summed E-state index contributed by atoms with van der Waals surface area (Å²) in [5, 5.41) is 3.20. The molecule has 1 aromatic rings. The minimum Gasteiger partial charge on any atom is -0.478 e. The van der Waals surface area contributed by atoms with Gasteiger partial charge in [-0.1, -0.05) is 13.0 Å². The summed E-state index contributed by atoms with van der Waals surface area (Å²) >= 11 is 1.83. The van der Waals surface area contributed by atoms with Crippen molar-refractivity contribution in [2.75, 3.05) is 30.0 Å². The van der Waals surface area contributed by atoms with Crippen LogP contribution in [0.4, 0.5) is 5.95 Å². The van der Waals surface area contributed by atoms with Crippen LogP contribution in [-0.2, 0) is 0 Å². The largest absolute Gasteiger partial charge is 0.478 e. The first kappa shape index (κ1) is 14.8. The first-order valence-corrected chi connectivity index (χ1v) is 7.32. The predicted octanol–water partition coefficient (Wildman–Crippen LogP) is 2.90. The summed E-state index contributed by atoms with van der Waals surface area (Å²) in [7, 11) is 0. The molecule has 0 saturated carbocycles. The van der Waals surface area contributed by atoms with Gasteiger partial charge >= 0.3 is 0 Å². The standard InChI is InChI=1S/C13H21N3OS/c1-4-7-17-12-10-11(3)15-13(16-12)14-6-9-18-8-5-2/h5,10H,2,4,6-9H2,1,3H3,(H,14,15,16). The normalized spacial score (nSPS) is 10.1. The summed E-state index contributed by atoms with van der Waals surface area (Å²) < 4.78 is 5.51. The summed E-state index contributed by atoms with van der Waals surface area (Å²) in [6, 6.07) is 1.85. The summed E-state index contributed by atoms with van der Waals surface area (Å²) in [5.74, 6) is 3.27. The third-order valence-electron chi connectivity index (χ3n) is 2.05. The van der Waals surface area contributed by atoms with Crippen molar-refractivity contribution in [1.82, 2.24) is 9.97 Å². The summed E-state index contributed by atoms with van der Waals surface area (Å²) in [4.78, 5) is 8.64. The highest BCUT2D eigenvalue weighted by atomic mass is 32.2. The molecule has 0 aliphatic heterocycles. The molecule has 1 aromatic heterocycles. The van der Waals surface area contributed by atoms with Crippen molar-refractivity contribution in [1.29, 1.82) is 0 Å².